The van der Waals surface area contributed by atoms with E-state index in [1.807, 2.05) is 37.3 Å². The lowest BCUT2D eigenvalue weighted by Gasteiger charge is -2.35. The lowest BCUT2D eigenvalue weighted by Crippen LogP contribution is -2.46. The van der Waals surface area contributed by atoms with Gasteiger partial charge in [0.25, 0.3) is 6.43 Å². The van der Waals surface area contributed by atoms with E-state index in [9.17, 15) is 8.78 Å². The van der Waals surface area contributed by atoms with E-state index in [0.29, 0.717) is 31.3 Å². The molecule has 8 heteroatoms. The molecule has 1 fully saturated rings. The average Bonchev–Trinajstić information content (AvgIpc) is 2.94. The largest absolute Gasteiger partial charge is 0.372 e. The van der Waals surface area contributed by atoms with Crippen molar-refractivity contribution in [2.24, 2.45) is 0 Å². The predicted molar refractivity (Wildman–Crippen MR) is 90.8 cm³/mol. The third kappa shape index (κ3) is 3.63. The summed E-state index contributed by atoms with van der Waals surface area (Å²) in [5.41, 5.74) is 1.86. The van der Waals surface area contributed by atoms with E-state index in [1.165, 1.54) is 6.07 Å². The lowest BCUT2D eigenvalue weighted by atomic mass is 10.1. The van der Waals surface area contributed by atoms with Crippen molar-refractivity contribution in [2.75, 3.05) is 18.0 Å². The maximum Gasteiger partial charge on any atom is 0.280 e. The van der Waals surface area contributed by atoms with E-state index in [4.69, 9.17) is 4.74 Å². The fourth-order valence-electron chi connectivity index (χ4n) is 3.20. The number of morpholine rings is 1. The topological polar surface area (TPSA) is 56.1 Å². The van der Waals surface area contributed by atoms with Gasteiger partial charge in [-0.2, -0.15) is 5.10 Å². The molecule has 0 saturated carbocycles. The maximum atomic E-state index is 13.4. The van der Waals surface area contributed by atoms with Gasteiger partial charge in [0, 0.05) is 30.9 Å². The first kappa shape index (κ1) is 17.7. The van der Waals surface area contributed by atoms with Gasteiger partial charge in [-0.1, -0.05) is 0 Å². The van der Waals surface area contributed by atoms with E-state index < -0.39 is 6.43 Å². The normalized spacial score (nSPS) is 21.2. The number of hydrogen-bond acceptors (Lipinski definition) is 5. The standard InChI is InChI=1S/C17H23F2N5O/c1-5-24-12(4)13(7-20-24)14-6-15(16(18)19)22-17(21-14)23-8-10(2)25-11(3)9-23/h6-7,10-11,16H,5,8-9H2,1-4H3. The van der Waals surface area contributed by atoms with E-state index in [2.05, 4.69) is 15.1 Å². The number of aryl methyl sites for hydroxylation is 1. The summed E-state index contributed by atoms with van der Waals surface area (Å²) in [5, 5.41) is 4.29. The van der Waals surface area contributed by atoms with E-state index in [-0.39, 0.29) is 17.9 Å². The van der Waals surface area contributed by atoms with Crippen LogP contribution in [0.15, 0.2) is 12.3 Å². The van der Waals surface area contributed by atoms with Crippen LogP contribution in [-0.2, 0) is 11.3 Å². The Labute approximate surface area is 145 Å². The van der Waals surface area contributed by atoms with Gasteiger partial charge in [-0.15, -0.1) is 0 Å². The zero-order valence-electron chi connectivity index (χ0n) is 14.9. The number of aromatic nitrogens is 4. The fourth-order valence-corrected chi connectivity index (χ4v) is 3.20. The Hall–Kier alpha value is -2.09. The molecular formula is C17H23F2N5O. The molecular weight excluding hydrogens is 328 g/mol. The predicted octanol–water partition coefficient (Wildman–Crippen LogP) is 3.22. The SMILES string of the molecule is CCn1ncc(-c2cc(C(F)F)nc(N3CC(C)OC(C)C3)n2)c1C. The third-order valence-corrected chi connectivity index (χ3v) is 4.34. The zero-order chi connectivity index (χ0) is 18.1. The zero-order valence-corrected chi connectivity index (χ0v) is 14.9. The molecule has 2 aromatic rings. The van der Waals surface area contributed by atoms with Crippen molar-refractivity contribution < 1.29 is 13.5 Å². The fraction of sp³-hybridized carbons (Fsp3) is 0.588. The molecule has 136 valence electrons. The third-order valence-electron chi connectivity index (χ3n) is 4.34. The number of halogens is 2. The van der Waals surface area contributed by atoms with Gasteiger partial charge in [0.2, 0.25) is 5.95 Å². The first-order valence-corrected chi connectivity index (χ1v) is 8.49. The highest BCUT2D eigenvalue weighted by Crippen LogP contribution is 2.28. The van der Waals surface area contributed by atoms with Crippen molar-refractivity contribution in [2.45, 2.75) is 52.9 Å². The highest BCUT2D eigenvalue weighted by Gasteiger charge is 2.26. The molecule has 2 unspecified atom stereocenters. The van der Waals surface area contributed by atoms with Crippen molar-refractivity contribution in [3.8, 4) is 11.3 Å². The van der Waals surface area contributed by atoms with Crippen LogP contribution in [0, 0.1) is 6.92 Å². The van der Waals surface area contributed by atoms with Gasteiger partial charge in [0.05, 0.1) is 24.1 Å². The smallest absolute Gasteiger partial charge is 0.280 e. The molecule has 0 amide bonds. The Morgan fingerprint density at radius 2 is 1.92 bits per heavy atom. The Morgan fingerprint density at radius 3 is 2.48 bits per heavy atom. The van der Waals surface area contributed by atoms with Crippen molar-refractivity contribution in [1.82, 2.24) is 19.7 Å². The average molecular weight is 351 g/mol. The second-order valence-electron chi connectivity index (χ2n) is 6.40. The highest BCUT2D eigenvalue weighted by molar-refractivity contribution is 5.63. The number of hydrogen-bond donors (Lipinski definition) is 0. The molecule has 2 aromatic heterocycles. The molecule has 3 rings (SSSR count). The summed E-state index contributed by atoms with van der Waals surface area (Å²) in [4.78, 5) is 10.6. The summed E-state index contributed by atoms with van der Waals surface area (Å²) in [5.74, 6) is 0.318. The van der Waals surface area contributed by atoms with Crippen LogP contribution in [0.5, 0.6) is 0 Å². The van der Waals surface area contributed by atoms with Crippen molar-refractivity contribution >= 4 is 5.95 Å². The number of nitrogens with zero attached hydrogens (tertiary/aromatic N) is 5. The van der Waals surface area contributed by atoms with Gasteiger partial charge in [0.1, 0.15) is 5.69 Å². The first-order valence-electron chi connectivity index (χ1n) is 8.49. The van der Waals surface area contributed by atoms with Crippen molar-refractivity contribution in [3.05, 3.63) is 23.7 Å². The van der Waals surface area contributed by atoms with Gasteiger partial charge in [-0.3, -0.25) is 4.68 Å². The quantitative estimate of drug-likeness (QED) is 0.847. The molecule has 2 atom stereocenters. The first-order chi connectivity index (χ1) is 11.9. The van der Waals surface area contributed by atoms with Crippen LogP contribution in [-0.4, -0.2) is 45.0 Å². The molecule has 0 N–H and O–H groups in total. The van der Waals surface area contributed by atoms with Gasteiger partial charge < -0.3 is 9.64 Å². The molecule has 1 saturated heterocycles. The van der Waals surface area contributed by atoms with Crippen LogP contribution >= 0.6 is 0 Å². The Balaban J connectivity index is 2.04. The number of ether oxygens (including phenoxy) is 1. The summed E-state index contributed by atoms with van der Waals surface area (Å²) < 4.78 is 34.3. The Kier molecular flexibility index (Phi) is 4.99. The minimum absolute atomic E-state index is 0.00409. The summed E-state index contributed by atoms with van der Waals surface area (Å²) >= 11 is 0. The second kappa shape index (κ2) is 7.03. The molecule has 0 bridgehead atoms. The molecule has 0 aliphatic carbocycles. The summed E-state index contributed by atoms with van der Waals surface area (Å²) in [6, 6.07) is 1.35. The van der Waals surface area contributed by atoms with E-state index in [0.717, 1.165) is 11.3 Å². The molecule has 0 radical (unpaired) electrons. The minimum atomic E-state index is -2.65. The van der Waals surface area contributed by atoms with Crippen LogP contribution in [0.2, 0.25) is 0 Å². The summed E-state index contributed by atoms with van der Waals surface area (Å²) in [6.07, 6.45) is -0.991. The van der Waals surface area contributed by atoms with E-state index in [1.54, 1.807) is 6.20 Å². The Bertz CT molecular complexity index is 739. The lowest BCUT2D eigenvalue weighted by molar-refractivity contribution is -0.00575. The summed E-state index contributed by atoms with van der Waals surface area (Å²) in [7, 11) is 0. The van der Waals surface area contributed by atoms with Crippen molar-refractivity contribution in [1.29, 1.82) is 0 Å². The van der Waals surface area contributed by atoms with E-state index >= 15 is 0 Å². The van der Waals surface area contributed by atoms with Crippen LogP contribution in [0.25, 0.3) is 11.3 Å². The molecule has 1 aliphatic heterocycles. The molecule has 0 aromatic carbocycles. The molecule has 0 spiro atoms. The van der Waals surface area contributed by atoms with Gasteiger partial charge in [-0.05, 0) is 33.8 Å². The molecule has 6 nitrogen and oxygen atoms in total. The number of rotatable bonds is 4. The number of alkyl halides is 2. The molecule has 3 heterocycles. The number of anilines is 1. The van der Waals surface area contributed by atoms with Crippen molar-refractivity contribution in [3.63, 3.8) is 0 Å². The second-order valence-corrected chi connectivity index (χ2v) is 6.40. The highest BCUT2D eigenvalue weighted by atomic mass is 19.3. The van der Waals surface area contributed by atoms with Gasteiger partial charge >= 0.3 is 0 Å². The molecule has 1 aliphatic rings. The summed E-state index contributed by atoms with van der Waals surface area (Å²) in [6.45, 7) is 9.66. The monoisotopic (exact) mass is 351 g/mol. The van der Waals surface area contributed by atoms with Crippen LogP contribution in [0.1, 0.15) is 38.6 Å². The van der Waals surface area contributed by atoms with Crippen LogP contribution in [0.4, 0.5) is 14.7 Å². The molecule has 25 heavy (non-hydrogen) atoms. The van der Waals surface area contributed by atoms with Crippen LogP contribution in [0.3, 0.4) is 0 Å². The van der Waals surface area contributed by atoms with Crippen LogP contribution < -0.4 is 4.90 Å². The maximum absolute atomic E-state index is 13.4. The minimum Gasteiger partial charge on any atom is -0.372 e. The van der Waals surface area contributed by atoms with Gasteiger partial charge in [0.15, 0.2) is 0 Å². The Morgan fingerprint density at radius 1 is 1.24 bits per heavy atom. The van der Waals surface area contributed by atoms with Gasteiger partial charge in [-0.25, -0.2) is 18.7 Å².